The lowest BCUT2D eigenvalue weighted by atomic mass is 10.1. The smallest absolute Gasteiger partial charge is 0.278 e. The minimum absolute atomic E-state index is 0.197. The lowest BCUT2D eigenvalue weighted by Crippen LogP contribution is -2.23. The molecule has 0 aliphatic carbocycles. The number of aromatic nitrogens is 4. The number of rotatable bonds is 5. The molecule has 0 aliphatic rings. The van der Waals surface area contributed by atoms with Crippen molar-refractivity contribution in [2.75, 3.05) is 0 Å². The molecule has 2 heterocycles. The van der Waals surface area contributed by atoms with E-state index in [9.17, 15) is 9.18 Å². The first kappa shape index (κ1) is 16.8. The van der Waals surface area contributed by atoms with Crippen molar-refractivity contribution < 1.29 is 8.91 Å². The third kappa shape index (κ3) is 3.82. The third-order valence-electron chi connectivity index (χ3n) is 4.07. The number of nitrogens with zero attached hydrogens (tertiary/aromatic N) is 4. The van der Waals surface area contributed by atoms with E-state index in [2.05, 4.69) is 15.2 Å². The maximum Gasteiger partial charge on any atom is 0.278 e. The van der Waals surface area contributed by atoms with Gasteiger partial charge in [-0.15, -0.1) is 0 Å². The SMILES string of the molecule is O=c1ccc(-c2nc(-c3ccc(F)cc3)no2)nn1CCc1ccccc1. The quantitative estimate of drug-likeness (QED) is 0.544. The van der Waals surface area contributed by atoms with E-state index >= 15 is 0 Å². The second kappa shape index (κ2) is 7.33. The van der Waals surface area contributed by atoms with Crippen LogP contribution < -0.4 is 5.56 Å². The summed E-state index contributed by atoms with van der Waals surface area (Å²) in [6, 6.07) is 18.6. The highest BCUT2D eigenvalue weighted by atomic mass is 19.1. The average molecular weight is 362 g/mol. The summed E-state index contributed by atoms with van der Waals surface area (Å²) in [7, 11) is 0. The molecular formula is C20H15FN4O2. The molecule has 0 unspecified atom stereocenters. The molecule has 134 valence electrons. The Hall–Kier alpha value is -3.61. The monoisotopic (exact) mass is 362 g/mol. The summed E-state index contributed by atoms with van der Waals surface area (Å²) in [6.45, 7) is 0.440. The topological polar surface area (TPSA) is 73.8 Å². The van der Waals surface area contributed by atoms with Gasteiger partial charge in [-0.05, 0) is 42.3 Å². The van der Waals surface area contributed by atoms with Gasteiger partial charge < -0.3 is 4.52 Å². The number of hydrogen-bond acceptors (Lipinski definition) is 5. The highest BCUT2D eigenvalue weighted by Crippen LogP contribution is 2.20. The Bertz CT molecular complexity index is 1100. The van der Waals surface area contributed by atoms with Crippen LogP contribution in [0.2, 0.25) is 0 Å². The molecule has 0 saturated heterocycles. The lowest BCUT2D eigenvalue weighted by molar-refractivity contribution is 0.428. The summed E-state index contributed by atoms with van der Waals surface area (Å²) < 4.78 is 19.7. The Morgan fingerprint density at radius 2 is 1.74 bits per heavy atom. The van der Waals surface area contributed by atoms with E-state index in [1.807, 2.05) is 30.3 Å². The average Bonchev–Trinajstić information content (AvgIpc) is 3.19. The van der Waals surface area contributed by atoms with Crippen LogP contribution in [-0.4, -0.2) is 19.9 Å². The highest BCUT2D eigenvalue weighted by Gasteiger charge is 2.13. The molecule has 0 amide bonds. The van der Waals surface area contributed by atoms with Crippen LogP contribution in [0.15, 0.2) is 76.0 Å². The van der Waals surface area contributed by atoms with E-state index in [1.54, 1.807) is 18.2 Å². The molecule has 0 N–H and O–H groups in total. The summed E-state index contributed by atoms with van der Waals surface area (Å²) in [5.41, 5.74) is 1.95. The zero-order valence-corrected chi connectivity index (χ0v) is 14.2. The van der Waals surface area contributed by atoms with Crippen molar-refractivity contribution in [2.24, 2.45) is 0 Å². The number of benzene rings is 2. The zero-order valence-electron chi connectivity index (χ0n) is 14.2. The third-order valence-corrected chi connectivity index (χ3v) is 4.07. The molecule has 0 aliphatic heterocycles. The second-order valence-electron chi connectivity index (χ2n) is 5.95. The van der Waals surface area contributed by atoms with Gasteiger partial charge in [-0.3, -0.25) is 4.79 Å². The number of hydrogen-bond donors (Lipinski definition) is 0. The molecule has 0 radical (unpaired) electrons. The first-order chi connectivity index (χ1) is 13.2. The van der Waals surface area contributed by atoms with Crippen LogP contribution in [0.4, 0.5) is 4.39 Å². The predicted octanol–water partition coefficient (Wildman–Crippen LogP) is 3.34. The van der Waals surface area contributed by atoms with Crippen molar-refractivity contribution in [3.8, 4) is 23.0 Å². The largest absolute Gasteiger partial charge is 0.332 e. The van der Waals surface area contributed by atoms with Gasteiger partial charge in [0.15, 0.2) is 0 Å². The molecule has 2 aromatic carbocycles. The van der Waals surface area contributed by atoms with Crippen LogP contribution in [0.5, 0.6) is 0 Å². The molecule has 4 rings (SSSR count). The predicted molar refractivity (Wildman–Crippen MR) is 97.3 cm³/mol. The summed E-state index contributed by atoms with van der Waals surface area (Å²) in [4.78, 5) is 16.4. The maximum absolute atomic E-state index is 13.0. The fourth-order valence-corrected chi connectivity index (χ4v) is 2.65. The second-order valence-corrected chi connectivity index (χ2v) is 5.95. The van der Waals surface area contributed by atoms with Gasteiger partial charge >= 0.3 is 0 Å². The fourth-order valence-electron chi connectivity index (χ4n) is 2.65. The Kier molecular flexibility index (Phi) is 4.57. The van der Waals surface area contributed by atoms with Crippen LogP contribution in [0.1, 0.15) is 5.56 Å². The van der Waals surface area contributed by atoms with E-state index in [4.69, 9.17) is 4.52 Å². The highest BCUT2D eigenvalue weighted by molar-refractivity contribution is 5.57. The van der Waals surface area contributed by atoms with Gasteiger partial charge in [-0.2, -0.15) is 10.1 Å². The molecule has 4 aromatic rings. The first-order valence-electron chi connectivity index (χ1n) is 8.41. The van der Waals surface area contributed by atoms with E-state index in [0.29, 0.717) is 30.0 Å². The van der Waals surface area contributed by atoms with Crippen molar-refractivity contribution in [1.82, 2.24) is 19.9 Å². The van der Waals surface area contributed by atoms with Crippen molar-refractivity contribution in [1.29, 1.82) is 0 Å². The van der Waals surface area contributed by atoms with Crippen LogP contribution in [0, 0.1) is 5.82 Å². The lowest BCUT2D eigenvalue weighted by Gasteiger charge is -2.05. The van der Waals surface area contributed by atoms with Crippen molar-refractivity contribution in [2.45, 2.75) is 13.0 Å². The van der Waals surface area contributed by atoms with Crippen LogP contribution >= 0.6 is 0 Å². The van der Waals surface area contributed by atoms with Gasteiger partial charge in [0.25, 0.3) is 11.4 Å². The molecule has 6 nitrogen and oxygen atoms in total. The Labute approximate surface area is 153 Å². The molecule has 0 atom stereocenters. The van der Waals surface area contributed by atoms with Gasteiger partial charge in [0, 0.05) is 18.2 Å². The molecule has 0 spiro atoms. The van der Waals surface area contributed by atoms with E-state index in [-0.39, 0.29) is 17.3 Å². The molecule has 0 fully saturated rings. The van der Waals surface area contributed by atoms with E-state index < -0.39 is 0 Å². The number of halogens is 1. The molecule has 0 saturated carbocycles. The zero-order chi connectivity index (χ0) is 18.6. The first-order valence-corrected chi connectivity index (χ1v) is 8.41. The molecule has 7 heteroatoms. The van der Waals surface area contributed by atoms with Gasteiger partial charge in [-0.25, -0.2) is 9.07 Å². The molecule has 27 heavy (non-hydrogen) atoms. The Morgan fingerprint density at radius 1 is 0.963 bits per heavy atom. The fraction of sp³-hybridized carbons (Fsp3) is 0.100. The van der Waals surface area contributed by atoms with E-state index in [1.165, 1.54) is 22.9 Å². The normalized spacial score (nSPS) is 10.9. The molecular weight excluding hydrogens is 347 g/mol. The van der Waals surface area contributed by atoms with Crippen molar-refractivity contribution in [3.63, 3.8) is 0 Å². The van der Waals surface area contributed by atoms with Crippen molar-refractivity contribution >= 4 is 0 Å². The minimum Gasteiger partial charge on any atom is -0.332 e. The molecule has 2 aromatic heterocycles. The van der Waals surface area contributed by atoms with Crippen LogP contribution in [0.3, 0.4) is 0 Å². The molecule has 0 bridgehead atoms. The van der Waals surface area contributed by atoms with E-state index in [0.717, 1.165) is 5.56 Å². The maximum atomic E-state index is 13.0. The standard InChI is InChI=1S/C20H15FN4O2/c21-16-8-6-15(7-9-16)19-22-20(27-24-19)17-10-11-18(26)25(23-17)13-12-14-4-2-1-3-5-14/h1-11H,12-13H2. The summed E-state index contributed by atoms with van der Waals surface area (Å²) in [5, 5.41) is 8.23. The Balaban J connectivity index is 1.57. The van der Waals surface area contributed by atoms with Crippen LogP contribution in [0.25, 0.3) is 23.0 Å². The van der Waals surface area contributed by atoms with Crippen molar-refractivity contribution in [3.05, 3.63) is 88.5 Å². The summed E-state index contributed by atoms with van der Waals surface area (Å²) in [6.07, 6.45) is 0.682. The van der Waals surface area contributed by atoms with Gasteiger partial charge in [0.1, 0.15) is 11.5 Å². The van der Waals surface area contributed by atoms with Crippen LogP contribution in [-0.2, 0) is 13.0 Å². The van der Waals surface area contributed by atoms with Gasteiger partial charge in [0.05, 0.1) is 0 Å². The van der Waals surface area contributed by atoms with Gasteiger partial charge in [0.2, 0.25) is 5.82 Å². The van der Waals surface area contributed by atoms with Gasteiger partial charge in [-0.1, -0.05) is 35.5 Å². The number of aryl methyl sites for hydroxylation is 2. The summed E-state index contributed by atoms with van der Waals surface area (Å²) >= 11 is 0. The Morgan fingerprint density at radius 3 is 2.52 bits per heavy atom. The minimum atomic E-state index is -0.338. The summed E-state index contributed by atoms with van der Waals surface area (Å²) in [5.74, 6) is 0.186.